The van der Waals surface area contributed by atoms with E-state index in [-0.39, 0.29) is 23.2 Å². The van der Waals surface area contributed by atoms with Gasteiger partial charge < -0.3 is 10.0 Å². The van der Waals surface area contributed by atoms with Crippen LogP contribution in [-0.4, -0.2) is 55.7 Å². The normalized spacial score (nSPS) is 16.8. The van der Waals surface area contributed by atoms with Crippen molar-refractivity contribution in [3.05, 3.63) is 60.2 Å². The van der Waals surface area contributed by atoms with Gasteiger partial charge in [0.05, 0.1) is 11.1 Å². The second-order valence-corrected chi connectivity index (χ2v) is 9.21. The Hall–Kier alpha value is -2.58. The Labute approximate surface area is 183 Å². The monoisotopic (exact) mass is 443 g/mol. The number of carboxylic acids is 1. The fraction of sp³-hybridized carbons (Fsp3) is 0.273. The Morgan fingerprint density at radius 3 is 2.30 bits per heavy atom. The molecule has 0 saturated carbocycles. The molecule has 8 heteroatoms. The molecule has 6 nitrogen and oxygen atoms in total. The van der Waals surface area contributed by atoms with Crippen LogP contribution in [-0.2, 0) is 14.4 Å². The molecular weight excluding hydrogens is 422 g/mol. The van der Waals surface area contributed by atoms with E-state index in [1.165, 1.54) is 23.6 Å². The first kappa shape index (κ1) is 22.1. The highest BCUT2D eigenvalue weighted by atomic mass is 32.2. The molecule has 2 atom stereocenters. The van der Waals surface area contributed by atoms with E-state index in [0.717, 1.165) is 22.9 Å². The van der Waals surface area contributed by atoms with Gasteiger partial charge >= 0.3 is 5.97 Å². The van der Waals surface area contributed by atoms with E-state index in [2.05, 4.69) is 0 Å². The van der Waals surface area contributed by atoms with E-state index in [9.17, 15) is 24.3 Å². The number of carbonyl (C=O) groups excluding carboxylic acids is 3. The minimum absolute atomic E-state index is 0.214. The van der Waals surface area contributed by atoms with Crippen molar-refractivity contribution in [2.75, 3.05) is 11.6 Å². The van der Waals surface area contributed by atoms with Crippen molar-refractivity contribution in [3.8, 4) is 11.1 Å². The lowest BCUT2D eigenvalue weighted by Gasteiger charge is -2.22. The van der Waals surface area contributed by atoms with Gasteiger partial charge in [0, 0.05) is 24.7 Å². The summed E-state index contributed by atoms with van der Waals surface area (Å²) in [4.78, 5) is 50.0. The van der Waals surface area contributed by atoms with Gasteiger partial charge in [0.1, 0.15) is 6.04 Å². The topological polar surface area (TPSA) is 91.8 Å². The maximum absolute atomic E-state index is 13.0. The number of amides is 1. The quantitative estimate of drug-likeness (QED) is 0.654. The molecule has 30 heavy (non-hydrogen) atoms. The van der Waals surface area contributed by atoms with Gasteiger partial charge in [-0.1, -0.05) is 66.4 Å². The predicted molar refractivity (Wildman–Crippen MR) is 118 cm³/mol. The van der Waals surface area contributed by atoms with Crippen molar-refractivity contribution in [3.63, 3.8) is 0 Å². The third-order valence-corrected chi connectivity index (χ3v) is 6.73. The molecule has 1 N–H and O–H groups in total. The summed E-state index contributed by atoms with van der Waals surface area (Å²) in [6.07, 6.45) is -0.214. The zero-order valence-electron chi connectivity index (χ0n) is 16.3. The van der Waals surface area contributed by atoms with E-state index in [1.807, 2.05) is 42.5 Å². The molecule has 2 aromatic rings. The summed E-state index contributed by atoms with van der Waals surface area (Å²) in [6, 6.07) is 15.9. The molecule has 1 saturated heterocycles. The maximum Gasteiger partial charge on any atom is 0.327 e. The molecule has 1 aliphatic rings. The molecule has 1 fully saturated rings. The largest absolute Gasteiger partial charge is 0.480 e. The molecule has 0 bridgehead atoms. The molecule has 1 amide bonds. The molecule has 1 heterocycles. The van der Waals surface area contributed by atoms with E-state index < -0.39 is 23.2 Å². The van der Waals surface area contributed by atoms with Crippen LogP contribution in [0.4, 0.5) is 0 Å². The molecule has 1 unspecified atom stereocenters. The number of benzene rings is 2. The van der Waals surface area contributed by atoms with Crippen molar-refractivity contribution in [1.82, 2.24) is 4.90 Å². The molecule has 1 aliphatic heterocycles. The van der Waals surface area contributed by atoms with Gasteiger partial charge in [-0.25, -0.2) is 4.79 Å². The number of carboxylic acid groups (broad SMARTS) is 1. The number of ketones is 1. The van der Waals surface area contributed by atoms with Crippen LogP contribution < -0.4 is 0 Å². The minimum atomic E-state index is -1.06. The molecule has 2 aromatic carbocycles. The molecule has 0 spiro atoms. The molecule has 3 rings (SSSR count). The summed E-state index contributed by atoms with van der Waals surface area (Å²) in [7, 11) is 0. The van der Waals surface area contributed by atoms with Crippen molar-refractivity contribution in [1.29, 1.82) is 0 Å². The second kappa shape index (κ2) is 9.95. The van der Waals surface area contributed by atoms with Crippen LogP contribution in [0.2, 0.25) is 0 Å². The number of Topliss-reactive ketones (excluding diaryl/α,β-unsaturated/α-hetero) is 1. The minimum Gasteiger partial charge on any atom is -0.480 e. The first-order valence-corrected chi connectivity index (χ1v) is 11.4. The number of carbonyl (C=O) groups is 4. The number of hydrogen-bond acceptors (Lipinski definition) is 6. The van der Waals surface area contributed by atoms with Gasteiger partial charge in [0.2, 0.25) is 5.91 Å². The van der Waals surface area contributed by atoms with Gasteiger partial charge in [-0.15, -0.1) is 11.8 Å². The van der Waals surface area contributed by atoms with Crippen molar-refractivity contribution in [2.45, 2.75) is 24.6 Å². The highest BCUT2D eigenvalue weighted by Crippen LogP contribution is 2.27. The number of hydrogen-bond donors (Lipinski definition) is 1. The highest BCUT2D eigenvalue weighted by molar-refractivity contribution is 8.14. The summed E-state index contributed by atoms with van der Waals surface area (Å²) in [6.45, 7) is 1.35. The highest BCUT2D eigenvalue weighted by Gasteiger charge is 2.36. The third-order valence-electron chi connectivity index (χ3n) is 4.72. The van der Waals surface area contributed by atoms with Gasteiger partial charge in [-0.2, -0.15) is 0 Å². The van der Waals surface area contributed by atoms with Crippen LogP contribution in [0, 0.1) is 0 Å². The van der Waals surface area contributed by atoms with Crippen LogP contribution in [0.25, 0.3) is 11.1 Å². The van der Waals surface area contributed by atoms with Crippen molar-refractivity contribution >= 4 is 46.3 Å². The van der Waals surface area contributed by atoms with E-state index >= 15 is 0 Å². The van der Waals surface area contributed by atoms with Gasteiger partial charge in [0.25, 0.3) is 0 Å². The molecule has 0 aromatic heterocycles. The Bertz CT molecular complexity index is 946. The molecule has 0 aliphatic carbocycles. The smallest absolute Gasteiger partial charge is 0.327 e. The van der Waals surface area contributed by atoms with E-state index in [1.54, 1.807) is 12.1 Å². The van der Waals surface area contributed by atoms with Crippen LogP contribution in [0.3, 0.4) is 0 Å². The lowest BCUT2D eigenvalue weighted by molar-refractivity contribution is -0.147. The Kier molecular flexibility index (Phi) is 7.33. The average Bonchev–Trinajstić information content (AvgIpc) is 3.24. The SMILES string of the molecule is CC(=O)SC(CC(=O)N1CSC[C@H]1C(=O)O)C(=O)c1ccc(-c2ccccc2)cc1. The van der Waals surface area contributed by atoms with Crippen LogP contribution in [0.1, 0.15) is 23.7 Å². The fourth-order valence-corrected chi connectivity index (χ4v) is 5.24. The number of nitrogens with zero attached hydrogens (tertiary/aromatic N) is 1. The van der Waals surface area contributed by atoms with Crippen LogP contribution in [0.5, 0.6) is 0 Å². The van der Waals surface area contributed by atoms with E-state index in [4.69, 9.17) is 0 Å². The zero-order chi connectivity index (χ0) is 21.7. The molecular formula is C22H21NO5S2. The first-order chi connectivity index (χ1) is 14.4. The third kappa shape index (κ3) is 5.31. The predicted octanol–water partition coefficient (Wildman–Crippen LogP) is 3.56. The van der Waals surface area contributed by atoms with Crippen LogP contribution >= 0.6 is 23.5 Å². The standard InChI is InChI=1S/C22H21NO5S2/c1-14(24)30-19(11-20(25)23-13-29-12-18(23)22(27)28)21(26)17-9-7-16(8-10-17)15-5-3-2-4-6-15/h2-10,18-19H,11-13H2,1H3,(H,27,28)/t18-,19?/m0/s1. The van der Waals surface area contributed by atoms with Crippen LogP contribution in [0.15, 0.2) is 54.6 Å². The van der Waals surface area contributed by atoms with E-state index in [0.29, 0.717) is 11.3 Å². The fourth-order valence-electron chi connectivity index (χ4n) is 3.20. The summed E-state index contributed by atoms with van der Waals surface area (Å²) in [5.74, 6) is -1.22. The number of aliphatic carboxylic acids is 1. The Balaban J connectivity index is 1.76. The average molecular weight is 444 g/mol. The maximum atomic E-state index is 13.0. The van der Waals surface area contributed by atoms with Crippen molar-refractivity contribution in [2.24, 2.45) is 0 Å². The number of thioether (sulfide) groups is 2. The summed E-state index contributed by atoms with van der Waals surface area (Å²) in [5.41, 5.74) is 2.39. The second-order valence-electron chi connectivity index (χ2n) is 6.83. The number of rotatable bonds is 7. The van der Waals surface area contributed by atoms with Gasteiger partial charge in [-0.05, 0) is 11.1 Å². The first-order valence-electron chi connectivity index (χ1n) is 9.33. The lowest BCUT2D eigenvalue weighted by atomic mass is 10.0. The molecule has 0 radical (unpaired) electrons. The van der Waals surface area contributed by atoms with Gasteiger partial charge in [-0.3, -0.25) is 14.4 Å². The molecule has 156 valence electrons. The summed E-state index contributed by atoms with van der Waals surface area (Å²) < 4.78 is 0. The van der Waals surface area contributed by atoms with Crippen molar-refractivity contribution < 1.29 is 24.3 Å². The Morgan fingerprint density at radius 1 is 1.07 bits per heavy atom. The summed E-state index contributed by atoms with van der Waals surface area (Å²) >= 11 is 2.17. The van der Waals surface area contributed by atoms with Gasteiger partial charge in [0.15, 0.2) is 10.9 Å². The summed E-state index contributed by atoms with van der Waals surface area (Å²) in [5, 5.41) is 8.12. The Morgan fingerprint density at radius 2 is 1.70 bits per heavy atom. The zero-order valence-corrected chi connectivity index (χ0v) is 17.9. The lowest BCUT2D eigenvalue weighted by Crippen LogP contribution is -2.43.